The standard InChI is InChI=1S/C21H24BrN5O/c1-2-6-17(19-26-25-18-9-3-4-12-27(18)19)24-20(28)23-14-21(10-11-21)15-7-5-8-16(22)13-15/h3-5,7-9,12-13,17H,2,6,10-11,14H2,1H3,(H2,23,24,28). The molecule has 1 unspecified atom stereocenters. The van der Waals surface area contributed by atoms with Crippen molar-refractivity contribution in [2.45, 2.75) is 44.1 Å². The van der Waals surface area contributed by atoms with Crippen LogP contribution in [0.25, 0.3) is 5.65 Å². The van der Waals surface area contributed by atoms with Crippen molar-refractivity contribution in [3.8, 4) is 0 Å². The molecule has 0 bridgehead atoms. The second-order valence-corrected chi connectivity index (χ2v) is 8.36. The van der Waals surface area contributed by atoms with Gasteiger partial charge in [0.1, 0.15) is 0 Å². The highest BCUT2D eigenvalue weighted by atomic mass is 79.9. The summed E-state index contributed by atoms with van der Waals surface area (Å²) < 4.78 is 3.01. The Morgan fingerprint density at radius 2 is 2.11 bits per heavy atom. The molecule has 0 spiro atoms. The number of amides is 2. The molecule has 1 aliphatic rings. The lowest BCUT2D eigenvalue weighted by atomic mass is 9.96. The summed E-state index contributed by atoms with van der Waals surface area (Å²) in [6, 6.07) is 13.8. The molecule has 1 fully saturated rings. The number of nitrogens with one attached hydrogen (secondary N) is 2. The second kappa shape index (κ2) is 7.91. The number of urea groups is 1. The monoisotopic (exact) mass is 441 g/mol. The minimum absolute atomic E-state index is 0.0585. The van der Waals surface area contributed by atoms with Crippen LogP contribution >= 0.6 is 15.9 Å². The zero-order chi connectivity index (χ0) is 19.6. The van der Waals surface area contributed by atoms with Crippen molar-refractivity contribution in [2.75, 3.05) is 6.54 Å². The number of rotatable bonds is 7. The van der Waals surface area contributed by atoms with Crippen LogP contribution in [0, 0.1) is 0 Å². The number of aromatic nitrogens is 3. The molecule has 3 aromatic rings. The van der Waals surface area contributed by atoms with Gasteiger partial charge in [0.2, 0.25) is 0 Å². The van der Waals surface area contributed by atoms with E-state index in [1.54, 1.807) is 0 Å². The quantitative estimate of drug-likeness (QED) is 0.571. The highest BCUT2D eigenvalue weighted by molar-refractivity contribution is 9.10. The topological polar surface area (TPSA) is 71.3 Å². The van der Waals surface area contributed by atoms with Gasteiger partial charge in [-0.3, -0.25) is 4.40 Å². The number of pyridine rings is 1. The van der Waals surface area contributed by atoms with Crippen LogP contribution in [-0.4, -0.2) is 27.2 Å². The normalized spacial score (nSPS) is 15.9. The molecule has 6 nitrogen and oxygen atoms in total. The van der Waals surface area contributed by atoms with Gasteiger partial charge in [-0.25, -0.2) is 4.79 Å². The fraction of sp³-hybridized carbons (Fsp3) is 0.381. The molecule has 2 N–H and O–H groups in total. The summed E-state index contributed by atoms with van der Waals surface area (Å²) in [7, 11) is 0. The second-order valence-electron chi connectivity index (χ2n) is 7.45. The molecule has 0 aliphatic heterocycles. The number of halogens is 1. The molecule has 2 heterocycles. The van der Waals surface area contributed by atoms with E-state index in [4.69, 9.17) is 0 Å². The van der Waals surface area contributed by atoms with Gasteiger partial charge in [-0.05, 0) is 49.1 Å². The van der Waals surface area contributed by atoms with Crippen molar-refractivity contribution >= 4 is 27.6 Å². The number of fused-ring (bicyclic) bond motifs is 1. The van der Waals surface area contributed by atoms with E-state index in [2.05, 4.69) is 55.8 Å². The molecule has 2 amide bonds. The first kappa shape index (κ1) is 18.9. The van der Waals surface area contributed by atoms with Crippen molar-refractivity contribution in [3.63, 3.8) is 0 Å². The van der Waals surface area contributed by atoms with Crippen LogP contribution in [0.15, 0.2) is 53.1 Å². The molecule has 2 aromatic heterocycles. The first-order valence-electron chi connectivity index (χ1n) is 9.71. The lowest BCUT2D eigenvalue weighted by Gasteiger charge is -2.20. The van der Waals surface area contributed by atoms with Crippen LogP contribution in [-0.2, 0) is 5.41 Å². The van der Waals surface area contributed by atoms with Gasteiger partial charge in [0.15, 0.2) is 11.5 Å². The highest BCUT2D eigenvalue weighted by Crippen LogP contribution is 2.48. The van der Waals surface area contributed by atoms with Crippen LogP contribution in [0.3, 0.4) is 0 Å². The van der Waals surface area contributed by atoms with Crippen LogP contribution in [0.4, 0.5) is 4.79 Å². The number of carbonyl (C=O) groups excluding carboxylic acids is 1. The maximum atomic E-state index is 12.6. The summed E-state index contributed by atoms with van der Waals surface area (Å²) in [5, 5.41) is 14.7. The van der Waals surface area contributed by atoms with E-state index in [0.29, 0.717) is 6.54 Å². The molecule has 1 aliphatic carbocycles. The predicted molar refractivity (Wildman–Crippen MR) is 112 cm³/mol. The Kier molecular flexibility index (Phi) is 5.35. The van der Waals surface area contributed by atoms with Gasteiger partial charge < -0.3 is 10.6 Å². The number of nitrogens with zero attached hydrogens (tertiary/aromatic N) is 3. The predicted octanol–water partition coefficient (Wildman–Crippen LogP) is 4.36. The van der Waals surface area contributed by atoms with Gasteiger partial charge in [0.25, 0.3) is 0 Å². The summed E-state index contributed by atoms with van der Waals surface area (Å²) in [5.41, 5.74) is 2.12. The maximum absolute atomic E-state index is 12.6. The average Bonchev–Trinajstić information content (AvgIpc) is 3.38. The first-order chi connectivity index (χ1) is 13.6. The van der Waals surface area contributed by atoms with Crippen molar-refractivity contribution in [1.29, 1.82) is 0 Å². The Morgan fingerprint density at radius 1 is 1.25 bits per heavy atom. The molecule has 1 saturated carbocycles. The Morgan fingerprint density at radius 3 is 2.86 bits per heavy atom. The average molecular weight is 442 g/mol. The molecule has 28 heavy (non-hydrogen) atoms. The Labute approximate surface area is 172 Å². The summed E-state index contributed by atoms with van der Waals surface area (Å²) >= 11 is 3.54. The van der Waals surface area contributed by atoms with Crippen LogP contribution in [0.2, 0.25) is 0 Å². The van der Waals surface area contributed by atoms with Crippen molar-refractivity contribution in [3.05, 3.63) is 64.5 Å². The van der Waals surface area contributed by atoms with Gasteiger partial charge >= 0.3 is 6.03 Å². The summed E-state index contributed by atoms with van der Waals surface area (Å²) in [6.07, 6.45) is 5.86. The Balaban J connectivity index is 1.43. The zero-order valence-corrected chi connectivity index (χ0v) is 17.4. The van der Waals surface area contributed by atoms with Crippen molar-refractivity contribution < 1.29 is 4.79 Å². The number of benzene rings is 1. The Bertz CT molecular complexity index is 982. The molecule has 4 rings (SSSR count). The number of hydrogen-bond acceptors (Lipinski definition) is 3. The summed E-state index contributed by atoms with van der Waals surface area (Å²) in [4.78, 5) is 12.6. The summed E-state index contributed by atoms with van der Waals surface area (Å²) in [5.74, 6) is 0.765. The van der Waals surface area contributed by atoms with Gasteiger partial charge in [-0.2, -0.15) is 0 Å². The first-order valence-corrected chi connectivity index (χ1v) is 10.5. The molecule has 146 valence electrons. The van der Waals surface area contributed by atoms with E-state index in [1.807, 2.05) is 40.9 Å². The Hall–Kier alpha value is -2.41. The number of hydrogen-bond donors (Lipinski definition) is 2. The number of carbonyl (C=O) groups is 1. The third-order valence-corrected chi connectivity index (χ3v) is 5.91. The van der Waals surface area contributed by atoms with E-state index in [0.717, 1.165) is 41.6 Å². The van der Waals surface area contributed by atoms with E-state index < -0.39 is 0 Å². The molecular formula is C21H24BrN5O. The SMILES string of the molecule is CCCC(NC(=O)NCC1(c2cccc(Br)c2)CC1)c1nnc2ccccn12. The van der Waals surface area contributed by atoms with Crippen LogP contribution in [0.5, 0.6) is 0 Å². The molecular weight excluding hydrogens is 418 g/mol. The minimum atomic E-state index is -0.177. The molecule has 0 saturated heterocycles. The third-order valence-electron chi connectivity index (χ3n) is 5.41. The fourth-order valence-corrected chi connectivity index (χ4v) is 4.05. The molecule has 7 heteroatoms. The van der Waals surface area contributed by atoms with Gasteiger partial charge in [0, 0.05) is 22.6 Å². The highest BCUT2D eigenvalue weighted by Gasteiger charge is 2.44. The van der Waals surface area contributed by atoms with E-state index >= 15 is 0 Å². The van der Waals surface area contributed by atoms with E-state index in [9.17, 15) is 4.79 Å². The lowest BCUT2D eigenvalue weighted by molar-refractivity contribution is 0.234. The third kappa shape index (κ3) is 3.90. The van der Waals surface area contributed by atoms with Crippen molar-refractivity contribution in [1.82, 2.24) is 25.2 Å². The van der Waals surface area contributed by atoms with E-state index in [1.165, 1.54) is 5.56 Å². The largest absolute Gasteiger partial charge is 0.337 e. The summed E-state index contributed by atoms with van der Waals surface area (Å²) in [6.45, 7) is 2.73. The van der Waals surface area contributed by atoms with Crippen LogP contribution in [0.1, 0.15) is 50.0 Å². The van der Waals surface area contributed by atoms with Crippen molar-refractivity contribution in [2.24, 2.45) is 0 Å². The smallest absolute Gasteiger partial charge is 0.315 e. The van der Waals surface area contributed by atoms with Crippen LogP contribution < -0.4 is 10.6 Å². The fourth-order valence-electron chi connectivity index (χ4n) is 3.65. The lowest BCUT2D eigenvalue weighted by Crippen LogP contribution is -2.42. The van der Waals surface area contributed by atoms with Gasteiger partial charge in [-0.1, -0.05) is 47.5 Å². The molecule has 1 aromatic carbocycles. The van der Waals surface area contributed by atoms with Gasteiger partial charge in [-0.15, -0.1) is 10.2 Å². The van der Waals surface area contributed by atoms with Gasteiger partial charge in [0.05, 0.1) is 6.04 Å². The minimum Gasteiger partial charge on any atom is -0.337 e. The van der Waals surface area contributed by atoms with E-state index in [-0.39, 0.29) is 17.5 Å². The maximum Gasteiger partial charge on any atom is 0.315 e. The molecule has 1 atom stereocenters. The molecule has 0 radical (unpaired) electrons. The zero-order valence-electron chi connectivity index (χ0n) is 15.9.